The van der Waals surface area contributed by atoms with Gasteiger partial charge in [0.25, 0.3) is 5.91 Å². The van der Waals surface area contributed by atoms with Gasteiger partial charge in [-0.05, 0) is 18.6 Å². The van der Waals surface area contributed by atoms with E-state index >= 15 is 0 Å². The molecule has 0 aliphatic carbocycles. The molecule has 0 saturated heterocycles. The second-order valence-electron chi connectivity index (χ2n) is 5.58. The Labute approximate surface area is 158 Å². The summed E-state index contributed by atoms with van der Waals surface area (Å²) in [5.41, 5.74) is 4.46. The molecule has 0 aromatic carbocycles. The quantitative estimate of drug-likeness (QED) is 0.680. The molecule has 3 N–H and O–H groups in total. The number of alkyl halides is 3. The molecule has 27 heavy (non-hydrogen) atoms. The normalized spacial score (nSPS) is 11.7. The molecule has 0 fully saturated rings. The van der Waals surface area contributed by atoms with Gasteiger partial charge in [-0.1, -0.05) is 11.6 Å². The fourth-order valence-electron chi connectivity index (χ4n) is 2.47. The number of aromatic nitrogens is 3. The highest BCUT2D eigenvalue weighted by atomic mass is 35.5. The molecule has 12 heteroatoms. The molecule has 0 aliphatic rings. The highest BCUT2D eigenvalue weighted by Crippen LogP contribution is 2.39. The molecule has 3 aromatic heterocycles. The van der Waals surface area contributed by atoms with E-state index in [2.05, 4.69) is 15.4 Å². The van der Waals surface area contributed by atoms with Crippen LogP contribution in [0.1, 0.15) is 20.9 Å². The summed E-state index contributed by atoms with van der Waals surface area (Å²) >= 11 is 6.41. The van der Waals surface area contributed by atoms with E-state index in [4.69, 9.17) is 17.3 Å². The first-order valence-electron chi connectivity index (χ1n) is 7.35. The number of thiophene rings is 1. The number of nitrogens with two attached hydrogens (primary N) is 1. The number of nitrogens with one attached hydrogen (secondary N) is 1. The van der Waals surface area contributed by atoms with E-state index in [0.717, 1.165) is 6.07 Å². The molecular weight excluding hydrogens is 407 g/mol. The third-order valence-corrected chi connectivity index (χ3v) is 4.84. The zero-order valence-corrected chi connectivity index (χ0v) is 15.2. The van der Waals surface area contributed by atoms with Gasteiger partial charge in [0.15, 0.2) is 0 Å². The second-order valence-corrected chi connectivity index (χ2v) is 7.01. The van der Waals surface area contributed by atoms with Crippen molar-refractivity contribution in [2.75, 3.05) is 5.32 Å². The molecule has 3 heterocycles. The van der Waals surface area contributed by atoms with Crippen LogP contribution in [0.25, 0.3) is 10.2 Å². The summed E-state index contributed by atoms with van der Waals surface area (Å²) in [5.74, 6) is -1.44. The van der Waals surface area contributed by atoms with Crippen molar-refractivity contribution in [3.8, 4) is 0 Å². The van der Waals surface area contributed by atoms with Crippen LogP contribution in [-0.4, -0.2) is 26.6 Å². The van der Waals surface area contributed by atoms with Crippen molar-refractivity contribution < 1.29 is 22.8 Å². The lowest BCUT2D eigenvalue weighted by Crippen LogP contribution is -2.21. The summed E-state index contributed by atoms with van der Waals surface area (Å²) in [7, 11) is 0. The zero-order chi connectivity index (χ0) is 19.9. The van der Waals surface area contributed by atoms with Gasteiger partial charge in [-0.2, -0.15) is 18.3 Å². The van der Waals surface area contributed by atoms with Crippen molar-refractivity contribution in [2.45, 2.75) is 19.6 Å². The number of primary amides is 1. The smallest absolute Gasteiger partial charge is 0.365 e. The maximum Gasteiger partial charge on any atom is 0.433 e. The lowest BCUT2D eigenvalue weighted by Gasteiger charge is -2.10. The van der Waals surface area contributed by atoms with Gasteiger partial charge in [0, 0.05) is 11.6 Å². The molecule has 0 saturated carbocycles. The van der Waals surface area contributed by atoms with E-state index in [1.807, 2.05) is 0 Å². The average Bonchev–Trinajstić information content (AvgIpc) is 3.10. The highest BCUT2D eigenvalue weighted by Gasteiger charge is 2.34. The lowest BCUT2D eigenvalue weighted by molar-refractivity contribution is -0.141. The second kappa shape index (κ2) is 6.82. The van der Waals surface area contributed by atoms with Gasteiger partial charge in [-0.3, -0.25) is 14.3 Å². The first-order chi connectivity index (χ1) is 12.6. The Morgan fingerprint density at radius 1 is 1.41 bits per heavy atom. The van der Waals surface area contributed by atoms with Crippen LogP contribution in [0, 0.1) is 6.92 Å². The topological polar surface area (TPSA) is 103 Å². The van der Waals surface area contributed by atoms with E-state index in [9.17, 15) is 22.8 Å². The summed E-state index contributed by atoms with van der Waals surface area (Å²) in [5, 5.41) is 6.94. The van der Waals surface area contributed by atoms with E-state index in [1.165, 1.54) is 24.0 Å². The molecule has 0 aliphatic heterocycles. The van der Waals surface area contributed by atoms with Crippen LogP contribution in [0.2, 0.25) is 5.02 Å². The molecule has 3 aromatic rings. The Bertz CT molecular complexity index is 1060. The first-order valence-corrected chi connectivity index (χ1v) is 8.54. The molecule has 0 unspecified atom stereocenters. The van der Waals surface area contributed by atoms with Gasteiger partial charge in [0.05, 0.1) is 16.9 Å². The maximum absolute atomic E-state index is 13.0. The van der Waals surface area contributed by atoms with Crippen LogP contribution in [0.3, 0.4) is 0 Å². The van der Waals surface area contributed by atoms with E-state index in [0.29, 0.717) is 16.4 Å². The van der Waals surface area contributed by atoms with Gasteiger partial charge in [0.1, 0.15) is 21.9 Å². The number of aryl methyl sites for hydroxylation is 1. The number of hydrogen-bond donors (Lipinski definition) is 2. The fraction of sp³-hybridized carbons (Fsp3) is 0.200. The maximum atomic E-state index is 13.0. The highest BCUT2D eigenvalue weighted by molar-refractivity contribution is 7.21. The van der Waals surface area contributed by atoms with E-state index < -0.39 is 23.7 Å². The standard InChI is InChI=1S/C15H11ClF3N5O2S/c1-6-2-8(15(17,18)19)22-14-10(6)11(12(27-14)13(20)26)23-9(25)5-24-4-7(16)3-21-24/h2-4H,5H2,1H3,(H2,20,26)(H,23,25). The van der Waals surface area contributed by atoms with Gasteiger partial charge in [0.2, 0.25) is 5.91 Å². The lowest BCUT2D eigenvalue weighted by atomic mass is 10.1. The number of rotatable bonds is 4. The van der Waals surface area contributed by atoms with Crippen molar-refractivity contribution >= 4 is 50.7 Å². The predicted molar refractivity (Wildman–Crippen MR) is 93.7 cm³/mol. The number of amides is 2. The molecule has 142 valence electrons. The third kappa shape index (κ3) is 3.88. The Kier molecular flexibility index (Phi) is 4.82. The Hall–Kier alpha value is -2.66. The van der Waals surface area contributed by atoms with Crippen molar-refractivity contribution in [3.05, 3.63) is 39.6 Å². The number of fused-ring (bicyclic) bond motifs is 1. The summed E-state index contributed by atoms with van der Waals surface area (Å²) in [6, 6.07) is 0.850. The zero-order valence-electron chi connectivity index (χ0n) is 13.6. The van der Waals surface area contributed by atoms with Gasteiger partial charge in [-0.15, -0.1) is 11.3 Å². The average molecular weight is 418 g/mol. The van der Waals surface area contributed by atoms with Crippen LogP contribution in [-0.2, 0) is 17.5 Å². The number of pyridine rings is 1. The monoisotopic (exact) mass is 417 g/mol. The number of hydrogen-bond acceptors (Lipinski definition) is 5. The third-order valence-electron chi connectivity index (χ3n) is 3.55. The minimum absolute atomic E-state index is 0.0319. The van der Waals surface area contributed by atoms with E-state index in [1.54, 1.807) is 0 Å². The Morgan fingerprint density at radius 3 is 2.67 bits per heavy atom. The van der Waals surface area contributed by atoms with Crippen LogP contribution in [0.15, 0.2) is 18.5 Å². The van der Waals surface area contributed by atoms with Crippen LogP contribution in [0.4, 0.5) is 18.9 Å². The van der Waals surface area contributed by atoms with Crippen molar-refractivity contribution in [1.82, 2.24) is 14.8 Å². The van der Waals surface area contributed by atoms with Gasteiger partial charge >= 0.3 is 6.18 Å². The van der Waals surface area contributed by atoms with Crippen molar-refractivity contribution in [3.63, 3.8) is 0 Å². The largest absolute Gasteiger partial charge is 0.433 e. The van der Waals surface area contributed by atoms with Crippen LogP contribution >= 0.6 is 22.9 Å². The van der Waals surface area contributed by atoms with Crippen molar-refractivity contribution in [2.24, 2.45) is 5.73 Å². The number of nitrogens with zero attached hydrogens (tertiary/aromatic N) is 3. The van der Waals surface area contributed by atoms with Crippen LogP contribution < -0.4 is 11.1 Å². The van der Waals surface area contributed by atoms with Gasteiger partial charge in [-0.25, -0.2) is 4.98 Å². The summed E-state index contributed by atoms with van der Waals surface area (Å²) in [6.07, 6.45) is -1.88. The summed E-state index contributed by atoms with van der Waals surface area (Å²) in [6.45, 7) is 1.22. The summed E-state index contributed by atoms with van der Waals surface area (Å²) < 4.78 is 40.2. The first kappa shape index (κ1) is 19.1. The predicted octanol–water partition coefficient (Wildman–Crippen LogP) is 3.21. The molecule has 7 nitrogen and oxygen atoms in total. The Balaban J connectivity index is 2.03. The molecule has 2 amide bonds. The molecular formula is C15H11ClF3N5O2S. The minimum Gasteiger partial charge on any atom is -0.365 e. The Morgan fingerprint density at radius 2 is 2.11 bits per heavy atom. The number of anilines is 1. The molecule has 0 spiro atoms. The minimum atomic E-state index is -4.64. The molecule has 0 bridgehead atoms. The molecule has 3 rings (SSSR count). The van der Waals surface area contributed by atoms with Crippen LogP contribution in [0.5, 0.6) is 0 Å². The van der Waals surface area contributed by atoms with E-state index in [-0.39, 0.29) is 32.9 Å². The number of halogens is 4. The fourth-order valence-corrected chi connectivity index (χ4v) is 3.69. The SMILES string of the molecule is Cc1cc(C(F)(F)F)nc2sc(C(N)=O)c(NC(=O)Cn3cc(Cl)cn3)c12. The summed E-state index contributed by atoms with van der Waals surface area (Å²) in [4.78, 5) is 27.4. The molecule has 0 radical (unpaired) electrons. The van der Waals surface area contributed by atoms with Crippen molar-refractivity contribution in [1.29, 1.82) is 0 Å². The molecule has 0 atom stereocenters. The number of carbonyl (C=O) groups is 2. The number of carbonyl (C=O) groups excluding carboxylic acids is 2. The van der Waals surface area contributed by atoms with Gasteiger partial charge < -0.3 is 11.1 Å².